The van der Waals surface area contributed by atoms with E-state index >= 15 is 0 Å². The van der Waals surface area contributed by atoms with Gasteiger partial charge in [-0.15, -0.1) is 0 Å². The first-order chi connectivity index (χ1) is 5.70. The number of aliphatic hydroxyl groups excluding tert-OH is 1. The Morgan fingerprint density at radius 1 is 1.67 bits per heavy atom. The van der Waals surface area contributed by atoms with Crippen molar-refractivity contribution in [2.75, 3.05) is 13.2 Å². The zero-order valence-electron chi connectivity index (χ0n) is 7.92. The summed E-state index contributed by atoms with van der Waals surface area (Å²) in [6, 6.07) is 0.490. The van der Waals surface area contributed by atoms with Crippen molar-refractivity contribution in [3.63, 3.8) is 0 Å². The standard InChI is InChI=1S/C9H19NO2/c1-7(11)3-5-10-9-4-6-12-8(9)2/h7-11H,3-6H2,1-2H3/t7-,8+,9+/m1/s1. The van der Waals surface area contributed by atoms with Crippen molar-refractivity contribution < 1.29 is 9.84 Å². The lowest BCUT2D eigenvalue weighted by Crippen LogP contribution is -2.36. The Kier molecular flexibility index (Phi) is 3.98. The van der Waals surface area contributed by atoms with E-state index in [1.807, 2.05) is 6.92 Å². The number of hydrogen-bond donors (Lipinski definition) is 2. The van der Waals surface area contributed by atoms with E-state index in [0.717, 1.165) is 26.0 Å². The van der Waals surface area contributed by atoms with Crippen molar-refractivity contribution in [1.29, 1.82) is 0 Å². The van der Waals surface area contributed by atoms with Gasteiger partial charge in [0.2, 0.25) is 0 Å². The zero-order chi connectivity index (χ0) is 8.97. The second kappa shape index (κ2) is 4.80. The number of hydrogen-bond acceptors (Lipinski definition) is 3. The van der Waals surface area contributed by atoms with Crippen LogP contribution in [0.2, 0.25) is 0 Å². The smallest absolute Gasteiger partial charge is 0.0700 e. The number of ether oxygens (including phenoxy) is 1. The molecule has 1 aliphatic heterocycles. The van der Waals surface area contributed by atoms with Gasteiger partial charge in [-0.25, -0.2) is 0 Å². The number of nitrogens with one attached hydrogen (secondary N) is 1. The van der Waals surface area contributed by atoms with Crippen LogP contribution in [0.15, 0.2) is 0 Å². The molecule has 3 heteroatoms. The molecule has 3 atom stereocenters. The highest BCUT2D eigenvalue weighted by molar-refractivity contribution is 4.78. The van der Waals surface area contributed by atoms with Crippen molar-refractivity contribution in [3.05, 3.63) is 0 Å². The Morgan fingerprint density at radius 2 is 2.42 bits per heavy atom. The van der Waals surface area contributed by atoms with Crippen LogP contribution in [0.25, 0.3) is 0 Å². The predicted octanol–water partition coefficient (Wildman–Crippen LogP) is 0.524. The van der Waals surface area contributed by atoms with Gasteiger partial charge >= 0.3 is 0 Å². The van der Waals surface area contributed by atoms with E-state index in [0.29, 0.717) is 12.1 Å². The van der Waals surface area contributed by atoms with E-state index < -0.39 is 0 Å². The van der Waals surface area contributed by atoms with Gasteiger partial charge in [0.05, 0.1) is 12.2 Å². The highest BCUT2D eigenvalue weighted by atomic mass is 16.5. The molecule has 0 aromatic rings. The fraction of sp³-hybridized carbons (Fsp3) is 1.00. The summed E-state index contributed by atoms with van der Waals surface area (Å²) in [5, 5.41) is 12.4. The minimum atomic E-state index is -0.199. The normalized spacial score (nSPS) is 32.2. The lowest BCUT2D eigenvalue weighted by Gasteiger charge is -2.16. The van der Waals surface area contributed by atoms with Gasteiger partial charge < -0.3 is 15.2 Å². The van der Waals surface area contributed by atoms with Gasteiger partial charge in [-0.2, -0.15) is 0 Å². The average Bonchev–Trinajstić information content (AvgIpc) is 2.36. The van der Waals surface area contributed by atoms with Crippen LogP contribution in [-0.4, -0.2) is 36.5 Å². The summed E-state index contributed by atoms with van der Waals surface area (Å²) in [4.78, 5) is 0. The maximum atomic E-state index is 9.02. The molecular formula is C9H19NO2. The Morgan fingerprint density at radius 3 is 2.92 bits per heavy atom. The van der Waals surface area contributed by atoms with E-state index in [1.54, 1.807) is 0 Å². The third kappa shape index (κ3) is 3.09. The quantitative estimate of drug-likeness (QED) is 0.651. The fourth-order valence-electron chi connectivity index (χ4n) is 1.48. The molecule has 1 saturated heterocycles. The molecule has 3 nitrogen and oxygen atoms in total. The molecule has 1 aliphatic rings. The first kappa shape index (κ1) is 9.96. The molecule has 1 rings (SSSR count). The monoisotopic (exact) mass is 173 g/mol. The van der Waals surface area contributed by atoms with Crippen LogP contribution in [0.5, 0.6) is 0 Å². The zero-order valence-corrected chi connectivity index (χ0v) is 7.92. The molecule has 1 fully saturated rings. The summed E-state index contributed by atoms with van der Waals surface area (Å²) in [7, 11) is 0. The highest BCUT2D eigenvalue weighted by Gasteiger charge is 2.22. The van der Waals surface area contributed by atoms with Crippen molar-refractivity contribution in [1.82, 2.24) is 5.32 Å². The largest absolute Gasteiger partial charge is 0.393 e. The molecule has 0 unspecified atom stereocenters. The molecule has 0 saturated carbocycles. The molecule has 0 aliphatic carbocycles. The van der Waals surface area contributed by atoms with Crippen LogP contribution >= 0.6 is 0 Å². The summed E-state index contributed by atoms with van der Waals surface area (Å²) in [5.41, 5.74) is 0. The minimum absolute atomic E-state index is 0.199. The van der Waals surface area contributed by atoms with E-state index in [4.69, 9.17) is 9.84 Å². The summed E-state index contributed by atoms with van der Waals surface area (Å²) in [6.45, 7) is 5.66. The van der Waals surface area contributed by atoms with Crippen molar-refractivity contribution >= 4 is 0 Å². The Bertz CT molecular complexity index is 128. The van der Waals surface area contributed by atoms with Crippen LogP contribution < -0.4 is 5.32 Å². The van der Waals surface area contributed by atoms with Crippen LogP contribution in [0.1, 0.15) is 26.7 Å². The second-order valence-corrected chi connectivity index (χ2v) is 3.56. The molecule has 2 N–H and O–H groups in total. The molecule has 0 bridgehead atoms. The predicted molar refractivity (Wildman–Crippen MR) is 48.1 cm³/mol. The average molecular weight is 173 g/mol. The maximum absolute atomic E-state index is 9.02. The van der Waals surface area contributed by atoms with Gasteiger partial charge in [-0.1, -0.05) is 0 Å². The molecule has 0 aromatic carbocycles. The molecule has 0 amide bonds. The third-order valence-electron chi connectivity index (χ3n) is 2.34. The number of aliphatic hydroxyl groups is 1. The van der Waals surface area contributed by atoms with Crippen molar-refractivity contribution in [3.8, 4) is 0 Å². The van der Waals surface area contributed by atoms with Crippen molar-refractivity contribution in [2.45, 2.75) is 44.9 Å². The topological polar surface area (TPSA) is 41.5 Å². The van der Waals surface area contributed by atoms with E-state index in [2.05, 4.69) is 12.2 Å². The van der Waals surface area contributed by atoms with E-state index in [9.17, 15) is 0 Å². The molecule has 0 aromatic heterocycles. The highest BCUT2D eigenvalue weighted by Crippen LogP contribution is 2.12. The van der Waals surface area contributed by atoms with Crippen LogP contribution in [0, 0.1) is 0 Å². The first-order valence-corrected chi connectivity index (χ1v) is 4.73. The first-order valence-electron chi connectivity index (χ1n) is 4.73. The van der Waals surface area contributed by atoms with E-state index in [1.165, 1.54) is 0 Å². The van der Waals surface area contributed by atoms with Gasteiger partial charge in [0.15, 0.2) is 0 Å². The van der Waals surface area contributed by atoms with Crippen LogP contribution in [0.3, 0.4) is 0 Å². The van der Waals surface area contributed by atoms with Gasteiger partial charge in [0.1, 0.15) is 0 Å². The lowest BCUT2D eigenvalue weighted by atomic mass is 10.1. The summed E-state index contributed by atoms with van der Waals surface area (Å²) < 4.78 is 5.40. The van der Waals surface area contributed by atoms with Gasteiger partial charge in [0.25, 0.3) is 0 Å². The molecular weight excluding hydrogens is 154 g/mol. The lowest BCUT2D eigenvalue weighted by molar-refractivity contribution is 0.111. The van der Waals surface area contributed by atoms with Crippen molar-refractivity contribution in [2.24, 2.45) is 0 Å². The summed E-state index contributed by atoms with van der Waals surface area (Å²) in [6.07, 6.45) is 2.05. The van der Waals surface area contributed by atoms with Gasteiger partial charge in [-0.3, -0.25) is 0 Å². The fourth-order valence-corrected chi connectivity index (χ4v) is 1.48. The third-order valence-corrected chi connectivity index (χ3v) is 2.34. The van der Waals surface area contributed by atoms with Gasteiger partial charge in [0, 0.05) is 12.6 Å². The summed E-state index contributed by atoms with van der Waals surface area (Å²) >= 11 is 0. The Hall–Kier alpha value is -0.120. The Labute approximate surface area is 74.1 Å². The molecule has 12 heavy (non-hydrogen) atoms. The summed E-state index contributed by atoms with van der Waals surface area (Å²) in [5.74, 6) is 0. The van der Waals surface area contributed by atoms with Crippen LogP contribution in [0.4, 0.5) is 0 Å². The SMILES string of the molecule is C[C@@H]1OCC[C@@H]1NCC[C@@H](C)O. The maximum Gasteiger partial charge on any atom is 0.0700 e. The van der Waals surface area contributed by atoms with E-state index in [-0.39, 0.29) is 6.10 Å². The number of rotatable bonds is 4. The Balaban J connectivity index is 2.06. The van der Waals surface area contributed by atoms with Crippen LogP contribution in [-0.2, 0) is 4.74 Å². The minimum Gasteiger partial charge on any atom is -0.393 e. The van der Waals surface area contributed by atoms with Gasteiger partial charge in [-0.05, 0) is 33.2 Å². The second-order valence-electron chi connectivity index (χ2n) is 3.56. The molecule has 0 spiro atoms. The molecule has 0 radical (unpaired) electrons. The molecule has 72 valence electrons. The molecule has 1 heterocycles.